The maximum Gasteiger partial charge on any atom is 0.374 e. The van der Waals surface area contributed by atoms with Crippen LogP contribution in [-0.4, -0.2) is 16.2 Å². The van der Waals surface area contributed by atoms with Crippen molar-refractivity contribution in [2.24, 2.45) is 5.73 Å². The molecular weight excluding hydrogens is 160 g/mol. The number of nitrogens with two attached hydrogens (primary N) is 1. The summed E-state index contributed by atoms with van der Waals surface area (Å²) in [6, 6.07) is 1.32. The largest absolute Gasteiger partial charge is 0.475 e. The Bertz CT molecular complexity index is 298. The second-order valence-electron chi connectivity index (χ2n) is 3.10. The molecular formula is C7H10N2O3. The summed E-state index contributed by atoms with van der Waals surface area (Å²) in [6.45, 7) is 3.44. The first-order chi connectivity index (χ1) is 5.41. The van der Waals surface area contributed by atoms with E-state index in [9.17, 15) is 4.79 Å². The Morgan fingerprint density at radius 3 is 2.58 bits per heavy atom. The van der Waals surface area contributed by atoms with E-state index in [0.717, 1.165) is 0 Å². The summed E-state index contributed by atoms with van der Waals surface area (Å²) in [5.74, 6) is -1.33. The third kappa shape index (κ3) is 1.62. The van der Waals surface area contributed by atoms with E-state index in [4.69, 9.17) is 10.8 Å². The lowest BCUT2D eigenvalue weighted by Crippen LogP contribution is -2.28. The van der Waals surface area contributed by atoms with Gasteiger partial charge in [-0.2, -0.15) is 0 Å². The third-order valence-electron chi connectivity index (χ3n) is 1.38. The van der Waals surface area contributed by atoms with E-state index in [2.05, 4.69) is 9.68 Å². The van der Waals surface area contributed by atoms with Crippen molar-refractivity contribution in [2.75, 3.05) is 0 Å². The first-order valence-electron chi connectivity index (χ1n) is 3.40. The molecule has 1 heterocycles. The van der Waals surface area contributed by atoms with Gasteiger partial charge in [0.05, 0.1) is 5.54 Å². The average molecular weight is 170 g/mol. The van der Waals surface area contributed by atoms with Gasteiger partial charge in [0, 0.05) is 6.07 Å². The fourth-order valence-electron chi connectivity index (χ4n) is 0.680. The standard InChI is InChI=1S/C7H10N2O3/c1-7(2,8)5-3-4(6(10)11)12-9-5/h3H,8H2,1-2H3,(H,10,11). The van der Waals surface area contributed by atoms with Crippen LogP contribution < -0.4 is 5.73 Å². The lowest BCUT2D eigenvalue weighted by atomic mass is 10.0. The molecule has 12 heavy (non-hydrogen) atoms. The van der Waals surface area contributed by atoms with Gasteiger partial charge in [0.15, 0.2) is 0 Å². The summed E-state index contributed by atoms with van der Waals surface area (Å²) in [5.41, 5.74) is 5.42. The zero-order valence-corrected chi connectivity index (χ0v) is 6.87. The van der Waals surface area contributed by atoms with Gasteiger partial charge >= 0.3 is 5.97 Å². The maximum absolute atomic E-state index is 10.4. The third-order valence-corrected chi connectivity index (χ3v) is 1.38. The molecule has 1 aromatic heterocycles. The zero-order valence-electron chi connectivity index (χ0n) is 6.87. The highest BCUT2D eigenvalue weighted by molar-refractivity contribution is 5.84. The highest BCUT2D eigenvalue weighted by Gasteiger charge is 2.21. The monoisotopic (exact) mass is 170 g/mol. The molecule has 0 bridgehead atoms. The van der Waals surface area contributed by atoms with Crippen molar-refractivity contribution in [3.63, 3.8) is 0 Å². The Labute approximate surface area is 69.2 Å². The first-order valence-corrected chi connectivity index (χ1v) is 3.40. The van der Waals surface area contributed by atoms with Crippen LogP contribution in [0.15, 0.2) is 10.6 Å². The lowest BCUT2D eigenvalue weighted by Gasteiger charge is -2.12. The molecule has 66 valence electrons. The second kappa shape index (κ2) is 2.60. The van der Waals surface area contributed by atoms with Crippen LogP contribution in [0.5, 0.6) is 0 Å². The number of aromatic nitrogens is 1. The summed E-state index contributed by atoms with van der Waals surface area (Å²) in [4.78, 5) is 10.4. The van der Waals surface area contributed by atoms with Gasteiger partial charge in [0.25, 0.3) is 0 Å². The quantitative estimate of drug-likeness (QED) is 0.677. The zero-order chi connectivity index (χ0) is 9.35. The molecule has 3 N–H and O–H groups in total. The number of hydrogen-bond acceptors (Lipinski definition) is 4. The summed E-state index contributed by atoms with van der Waals surface area (Å²) in [6.07, 6.45) is 0. The van der Waals surface area contributed by atoms with E-state index in [-0.39, 0.29) is 5.76 Å². The molecule has 0 aliphatic rings. The van der Waals surface area contributed by atoms with Crippen molar-refractivity contribution in [1.82, 2.24) is 5.16 Å². The smallest absolute Gasteiger partial charge is 0.374 e. The van der Waals surface area contributed by atoms with E-state index in [1.165, 1.54) is 6.07 Å². The number of hydrogen-bond donors (Lipinski definition) is 2. The van der Waals surface area contributed by atoms with E-state index in [0.29, 0.717) is 5.69 Å². The molecule has 0 amide bonds. The number of carboxylic acids is 1. The fraction of sp³-hybridized carbons (Fsp3) is 0.429. The van der Waals surface area contributed by atoms with E-state index in [1.54, 1.807) is 13.8 Å². The molecule has 0 saturated carbocycles. The van der Waals surface area contributed by atoms with Gasteiger partial charge in [0.2, 0.25) is 5.76 Å². The van der Waals surface area contributed by atoms with Crippen molar-refractivity contribution < 1.29 is 14.4 Å². The SMILES string of the molecule is CC(C)(N)c1cc(C(=O)O)on1. The van der Waals surface area contributed by atoms with Crippen LogP contribution in [0.1, 0.15) is 30.1 Å². The van der Waals surface area contributed by atoms with E-state index in [1.807, 2.05) is 0 Å². The molecule has 0 fully saturated rings. The fourth-order valence-corrected chi connectivity index (χ4v) is 0.680. The molecule has 0 unspecified atom stereocenters. The Morgan fingerprint density at radius 1 is 1.75 bits per heavy atom. The number of rotatable bonds is 2. The van der Waals surface area contributed by atoms with Crippen molar-refractivity contribution in [1.29, 1.82) is 0 Å². The Morgan fingerprint density at radius 2 is 2.33 bits per heavy atom. The average Bonchev–Trinajstić information content (AvgIpc) is 2.30. The van der Waals surface area contributed by atoms with Crippen LogP contribution in [0.2, 0.25) is 0 Å². The lowest BCUT2D eigenvalue weighted by molar-refractivity contribution is 0.0651. The van der Waals surface area contributed by atoms with Crippen LogP contribution in [0.4, 0.5) is 0 Å². The van der Waals surface area contributed by atoms with Gasteiger partial charge in [-0.05, 0) is 13.8 Å². The molecule has 0 aliphatic carbocycles. The van der Waals surface area contributed by atoms with Gasteiger partial charge in [-0.15, -0.1) is 0 Å². The summed E-state index contributed by atoms with van der Waals surface area (Å²) in [7, 11) is 0. The molecule has 5 nitrogen and oxygen atoms in total. The van der Waals surface area contributed by atoms with Crippen LogP contribution in [0.3, 0.4) is 0 Å². The maximum atomic E-state index is 10.4. The van der Waals surface area contributed by atoms with Crippen molar-refractivity contribution >= 4 is 5.97 Å². The van der Waals surface area contributed by atoms with Gasteiger partial charge in [-0.3, -0.25) is 0 Å². The first kappa shape index (κ1) is 8.73. The second-order valence-corrected chi connectivity index (χ2v) is 3.10. The predicted octanol–water partition coefficient (Wildman–Crippen LogP) is 0.567. The van der Waals surface area contributed by atoms with Gasteiger partial charge in [-0.1, -0.05) is 5.16 Å². The van der Waals surface area contributed by atoms with E-state index < -0.39 is 11.5 Å². The molecule has 0 spiro atoms. The van der Waals surface area contributed by atoms with Gasteiger partial charge < -0.3 is 15.4 Å². The molecule has 1 rings (SSSR count). The highest BCUT2D eigenvalue weighted by Crippen LogP contribution is 2.16. The topological polar surface area (TPSA) is 89.4 Å². The summed E-state index contributed by atoms with van der Waals surface area (Å²) >= 11 is 0. The highest BCUT2D eigenvalue weighted by atomic mass is 16.5. The summed E-state index contributed by atoms with van der Waals surface area (Å²) < 4.78 is 4.52. The number of carboxylic acid groups (broad SMARTS) is 1. The molecule has 0 atom stereocenters. The number of aromatic carboxylic acids is 1. The molecule has 0 radical (unpaired) electrons. The number of carbonyl (C=O) groups is 1. The van der Waals surface area contributed by atoms with Crippen LogP contribution in [0.25, 0.3) is 0 Å². The minimum Gasteiger partial charge on any atom is -0.475 e. The molecule has 0 saturated heterocycles. The molecule has 0 aliphatic heterocycles. The van der Waals surface area contributed by atoms with Crippen molar-refractivity contribution in [3.05, 3.63) is 17.5 Å². The van der Waals surface area contributed by atoms with Crippen LogP contribution in [-0.2, 0) is 5.54 Å². The molecule has 1 aromatic rings. The van der Waals surface area contributed by atoms with Crippen molar-refractivity contribution in [2.45, 2.75) is 19.4 Å². The molecule has 5 heteroatoms. The van der Waals surface area contributed by atoms with E-state index >= 15 is 0 Å². The summed E-state index contributed by atoms with van der Waals surface area (Å²) in [5, 5.41) is 12.0. The van der Waals surface area contributed by atoms with Gasteiger partial charge in [0.1, 0.15) is 5.69 Å². The van der Waals surface area contributed by atoms with Crippen LogP contribution >= 0.6 is 0 Å². The molecule has 0 aromatic carbocycles. The number of nitrogens with zero attached hydrogens (tertiary/aromatic N) is 1. The minimum atomic E-state index is -1.14. The Kier molecular flexibility index (Phi) is 1.89. The van der Waals surface area contributed by atoms with Gasteiger partial charge in [-0.25, -0.2) is 4.79 Å². The van der Waals surface area contributed by atoms with Crippen LogP contribution in [0, 0.1) is 0 Å². The minimum absolute atomic E-state index is 0.191. The van der Waals surface area contributed by atoms with Crippen molar-refractivity contribution in [3.8, 4) is 0 Å². The Balaban J connectivity index is 3.00. The Hall–Kier alpha value is -1.36. The predicted molar refractivity (Wildman–Crippen MR) is 40.7 cm³/mol. The normalized spacial score (nSPS) is 11.6.